The van der Waals surface area contributed by atoms with E-state index < -0.39 is 0 Å². The molecule has 98 valence electrons. The Morgan fingerprint density at radius 3 is 2.89 bits per heavy atom. The van der Waals surface area contributed by atoms with Gasteiger partial charge in [-0.1, -0.05) is 30.2 Å². The molecule has 0 aromatic heterocycles. The van der Waals surface area contributed by atoms with Crippen LogP contribution in [-0.4, -0.2) is 13.7 Å². The monoisotopic (exact) mass is 265 g/mol. The van der Waals surface area contributed by atoms with E-state index in [2.05, 4.69) is 18.3 Å². The van der Waals surface area contributed by atoms with Crippen LogP contribution in [-0.2, 0) is 0 Å². The van der Waals surface area contributed by atoms with Gasteiger partial charge in [-0.3, -0.25) is 0 Å². The van der Waals surface area contributed by atoms with Crippen molar-refractivity contribution in [2.24, 2.45) is 0 Å². The number of benzene rings is 1. The highest BCUT2D eigenvalue weighted by Crippen LogP contribution is 2.36. The highest BCUT2D eigenvalue weighted by Gasteiger charge is 2.21. The van der Waals surface area contributed by atoms with Crippen molar-refractivity contribution >= 4 is 11.6 Å². The predicted octanol–water partition coefficient (Wildman–Crippen LogP) is 4.11. The predicted molar refractivity (Wildman–Crippen MR) is 76.4 cm³/mol. The van der Waals surface area contributed by atoms with Gasteiger partial charge in [0.15, 0.2) is 0 Å². The maximum Gasteiger partial charge on any atom is 0.124 e. The summed E-state index contributed by atoms with van der Waals surface area (Å²) >= 11 is 6.12. The quantitative estimate of drug-likeness (QED) is 0.809. The fraction of sp³-hybridized carbons (Fsp3) is 0.467. The number of nitrogens with one attached hydrogen (secondary N) is 1. The second kappa shape index (κ2) is 6.26. The summed E-state index contributed by atoms with van der Waals surface area (Å²) in [4.78, 5) is 0. The summed E-state index contributed by atoms with van der Waals surface area (Å²) < 4.78 is 5.46. The van der Waals surface area contributed by atoms with E-state index in [9.17, 15) is 0 Å². The minimum Gasteiger partial charge on any atom is -0.496 e. The third kappa shape index (κ3) is 2.88. The van der Waals surface area contributed by atoms with E-state index in [1.807, 2.05) is 18.2 Å². The van der Waals surface area contributed by atoms with Crippen molar-refractivity contribution in [1.82, 2.24) is 5.32 Å². The van der Waals surface area contributed by atoms with Crippen molar-refractivity contribution in [3.8, 4) is 5.75 Å². The number of rotatable bonds is 5. The summed E-state index contributed by atoms with van der Waals surface area (Å²) in [6.45, 7) is 3.05. The van der Waals surface area contributed by atoms with Crippen molar-refractivity contribution < 1.29 is 4.74 Å². The van der Waals surface area contributed by atoms with Gasteiger partial charge in [-0.05, 0) is 44.0 Å². The van der Waals surface area contributed by atoms with E-state index in [1.54, 1.807) is 7.11 Å². The lowest BCUT2D eigenvalue weighted by atomic mass is 9.97. The van der Waals surface area contributed by atoms with E-state index in [0.29, 0.717) is 0 Å². The van der Waals surface area contributed by atoms with Gasteiger partial charge in [0.1, 0.15) is 5.75 Å². The Labute approximate surface area is 114 Å². The Morgan fingerprint density at radius 2 is 2.28 bits per heavy atom. The van der Waals surface area contributed by atoms with Gasteiger partial charge < -0.3 is 10.1 Å². The van der Waals surface area contributed by atoms with Gasteiger partial charge >= 0.3 is 0 Å². The topological polar surface area (TPSA) is 21.3 Å². The summed E-state index contributed by atoms with van der Waals surface area (Å²) in [5, 5.41) is 4.29. The Morgan fingerprint density at radius 1 is 1.44 bits per heavy atom. The molecule has 1 unspecified atom stereocenters. The maximum atomic E-state index is 6.12. The van der Waals surface area contributed by atoms with Crippen LogP contribution < -0.4 is 10.1 Å². The largest absolute Gasteiger partial charge is 0.496 e. The molecule has 0 saturated carbocycles. The molecule has 0 aliphatic heterocycles. The van der Waals surface area contributed by atoms with Crippen LogP contribution in [0.15, 0.2) is 29.8 Å². The SMILES string of the molecule is CCNC(C1=CCCC1)c1cc(Cl)ccc1OC. The van der Waals surface area contributed by atoms with Crippen LogP contribution in [0.4, 0.5) is 0 Å². The number of hydrogen-bond acceptors (Lipinski definition) is 2. The molecule has 0 fully saturated rings. The van der Waals surface area contributed by atoms with E-state index in [4.69, 9.17) is 16.3 Å². The van der Waals surface area contributed by atoms with Crippen LogP contribution in [0, 0.1) is 0 Å². The average molecular weight is 266 g/mol. The number of ether oxygens (including phenoxy) is 1. The highest BCUT2D eigenvalue weighted by molar-refractivity contribution is 6.30. The molecule has 0 amide bonds. The van der Waals surface area contributed by atoms with Gasteiger partial charge in [0.2, 0.25) is 0 Å². The fourth-order valence-electron chi connectivity index (χ4n) is 2.53. The van der Waals surface area contributed by atoms with E-state index in [0.717, 1.165) is 29.3 Å². The van der Waals surface area contributed by atoms with E-state index in [1.165, 1.54) is 18.4 Å². The summed E-state index contributed by atoms with van der Waals surface area (Å²) in [7, 11) is 1.71. The zero-order chi connectivity index (χ0) is 13.0. The molecule has 0 spiro atoms. The summed E-state index contributed by atoms with van der Waals surface area (Å²) in [6.07, 6.45) is 5.93. The molecule has 18 heavy (non-hydrogen) atoms. The van der Waals surface area contributed by atoms with Crippen molar-refractivity contribution in [1.29, 1.82) is 0 Å². The Balaban J connectivity index is 2.37. The number of likely N-dealkylation sites (N-methyl/N-ethyl adjacent to an activating group) is 1. The molecule has 0 bridgehead atoms. The minimum absolute atomic E-state index is 0.228. The first-order valence-corrected chi connectivity index (χ1v) is 6.89. The van der Waals surface area contributed by atoms with Crippen LogP contribution in [0.5, 0.6) is 5.75 Å². The van der Waals surface area contributed by atoms with Gasteiger partial charge in [0, 0.05) is 10.6 Å². The number of methoxy groups -OCH3 is 1. The number of hydrogen-bond donors (Lipinski definition) is 1. The van der Waals surface area contributed by atoms with Crippen molar-refractivity contribution in [2.75, 3.05) is 13.7 Å². The first kappa shape index (κ1) is 13.4. The smallest absolute Gasteiger partial charge is 0.124 e. The second-order valence-electron chi connectivity index (χ2n) is 4.55. The molecule has 1 atom stereocenters. The molecule has 1 N–H and O–H groups in total. The van der Waals surface area contributed by atoms with Crippen LogP contribution in [0.1, 0.15) is 37.8 Å². The van der Waals surface area contributed by atoms with Crippen molar-refractivity contribution in [3.63, 3.8) is 0 Å². The van der Waals surface area contributed by atoms with Crippen molar-refractivity contribution in [3.05, 3.63) is 40.4 Å². The molecule has 3 heteroatoms. The molecule has 1 aliphatic rings. The number of halogens is 1. The first-order chi connectivity index (χ1) is 8.76. The lowest BCUT2D eigenvalue weighted by Gasteiger charge is -2.22. The standard InChI is InChI=1S/C15H20ClNO/c1-3-17-15(11-6-4-5-7-11)13-10-12(16)8-9-14(13)18-2/h6,8-10,15,17H,3-5,7H2,1-2H3. The first-order valence-electron chi connectivity index (χ1n) is 6.52. The molecular formula is C15H20ClNO. The Hall–Kier alpha value is -0.990. The molecule has 1 aromatic rings. The van der Waals surface area contributed by atoms with Crippen LogP contribution in [0.25, 0.3) is 0 Å². The van der Waals surface area contributed by atoms with Crippen LogP contribution in [0.2, 0.25) is 5.02 Å². The van der Waals surface area contributed by atoms with Crippen molar-refractivity contribution in [2.45, 2.75) is 32.2 Å². The van der Waals surface area contributed by atoms with Crippen LogP contribution >= 0.6 is 11.6 Å². The highest BCUT2D eigenvalue weighted by atomic mass is 35.5. The van der Waals surface area contributed by atoms with Gasteiger partial charge in [-0.15, -0.1) is 0 Å². The van der Waals surface area contributed by atoms with Crippen LogP contribution in [0.3, 0.4) is 0 Å². The molecule has 2 rings (SSSR count). The van der Waals surface area contributed by atoms with Gasteiger partial charge in [0.25, 0.3) is 0 Å². The lowest BCUT2D eigenvalue weighted by molar-refractivity contribution is 0.403. The lowest BCUT2D eigenvalue weighted by Crippen LogP contribution is -2.22. The Bertz CT molecular complexity index is 442. The average Bonchev–Trinajstić information content (AvgIpc) is 2.89. The maximum absolute atomic E-state index is 6.12. The van der Waals surface area contributed by atoms with E-state index in [-0.39, 0.29) is 6.04 Å². The summed E-state index contributed by atoms with van der Waals surface area (Å²) in [5.41, 5.74) is 2.59. The minimum atomic E-state index is 0.228. The Kier molecular flexibility index (Phi) is 4.67. The molecule has 2 nitrogen and oxygen atoms in total. The third-order valence-corrected chi connectivity index (χ3v) is 3.59. The van der Waals surface area contributed by atoms with Gasteiger partial charge in [0.05, 0.1) is 13.2 Å². The molecule has 0 heterocycles. The molecule has 1 aliphatic carbocycles. The zero-order valence-corrected chi connectivity index (χ0v) is 11.8. The molecule has 0 radical (unpaired) electrons. The number of allylic oxidation sites excluding steroid dienone is 1. The molecular weight excluding hydrogens is 246 g/mol. The molecule has 0 saturated heterocycles. The van der Waals surface area contributed by atoms with Gasteiger partial charge in [-0.25, -0.2) is 0 Å². The van der Waals surface area contributed by atoms with E-state index >= 15 is 0 Å². The fourth-order valence-corrected chi connectivity index (χ4v) is 2.71. The second-order valence-corrected chi connectivity index (χ2v) is 4.98. The summed E-state index contributed by atoms with van der Waals surface area (Å²) in [5.74, 6) is 0.901. The normalized spacial score (nSPS) is 16.5. The summed E-state index contributed by atoms with van der Waals surface area (Å²) in [6, 6.07) is 6.05. The zero-order valence-electron chi connectivity index (χ0n) is 11.0. The van der Waals surface area contributed by atoms with Gasteiger partial charge in [-0.2, -0.15) is 0 Å². The molecule has 1 aromatic carbocycles. The third-order valence-electron chi connectivity index (χ3n) is 3.36.